The Morgan fingerprint density at radius 3 is 1.91 bits per heavy atom. The number of carbonyl (C=O) groups excluding carboxylic acids is 1. The third-order valence-corrected chi connectivity index (χ3v) is 4.52. The average molecular weight is 333 g/mol. The summed E-state index contributed by atoms with van der Waals surface area (Å²) < 4.78 is 26.5. The molecule has 0 unspecified atom stereocenters. The summed E-state index contributed by atoms with van der Waals surface area (Å²) in [5.41, 5.74) is 1.17. The van der Waals surface area contributed by atoms with Crippen molar-refractivity contribution in [2.45, 2.75) is 24.8 Å². The first-order chi connectivity index (χ1) is 10.9. The molecule has 0 heterocycles. The van der Waals surface area contributed by atoms with Gasteiger partial charge in [-0.3, -0.25) is 0 Å². The molecular weight excluding hydrogens is 314 g/mol. The lowest BCUT2D eigenvalue weighted by Gasteiger charge is -2.11. The van der Waals surface area contributed by atoms with Crippen LogP contribution < -0.4 is 15.4 Å². The van der Waals surface area contributed by atoms with Crippen molar-refractivity contribution >= 4 is 27.4 Å². The Morgan fingerprint density at radius 1 is 0.870 bits per heavy atom. The molecule has 7 heteroatoms. The molecular formula is C16H19N3O3S. The maximum atomic E-state index is 12.0. The van der Waals surface area contributed by atoms with Gasteiger partial charge in [-0.1, -0.05) is 18.2 Å². The van der Waals surface area contributed by atoms with Crippen LogP contribution in [0.5, 0.6) is 0 Å². The lowest BCUT2D eigenvalue weighted by molar-refractivity contribution is 0.262. The molecule has 2 rings (SSSR count). The van der Waals surface area contributed by atoms with Crippen LogP contribution in [0.4, 0.5) is 16.2 Å². The second-order valence-corrected chi connectivity index (χ2v) is 6.96. The third-order valence-electron chi connectivity index (χ3n) is 2.84. The van der Waals surface area contributed by atoms with Gasteiger partial charge in [0, 0.05) is 17.4 Å². The summed E-state index contributed by atoms with van der Waals surface area (Å²) in [6.45, 7) is 3.50. The zero-order chi connectivity index (χ0) is 16.9. The van der Waals surface area contributed by atoms with Gasteiger partial charge in [0.25, 0.3) is 0 Å². The summed E-state index contributed by atoms with van der Waals surface area (Å²) in [7, 11) is -3.53. The minimum Gasteiger partial charge on any atom is -0.308 e. The fourth-order valence-corrected chi connectivity index (χ4v) is 3.16. The molecule has 0 saturated carbocycles. The molecule has 0 aromatic heterocycles. The number of urea groups is 1. The van der Waals surface area contributed by atoms with Gasteiger partial charge in [-0.2, -0.15) is 0 Å². The first-order valence-corrected chi connectivity index (χ1v) is 8.60. The summed E-state index contributed by atoms with van der Waals surface area (Å²) >= 11 is 0. The molecule has 2 amide bonds. The smallest absolute Gasteiger partial charge is 0.308 e. The number of rotatable bonds is 5. The standard InChI is InChI=1S/C16H19N3O3S/c1-12(2)19-23(21,22)15-10-8-14(9-11-15)18-16(20)17-13-6-4-3-5-7-13/h3-12,19H,1-2H3,(H2,17,18,20). The number of para-hydroxylation sites is 1. The Morgan fingerprint density at radius 2 is 1.39 bits per heavy atom. The van der Waals surface area contributed by atoms with Crippen LogP contribution >= 0.6 is 0 Å². The number of nitrogens with one attached hydrogen (secondary N) is 3. The first kappa shape index (κ1) is 17.0. The Hall–Kier alpha value is -2.38. The van der Waals surface area contributed by atoms with E-state index in [-0.39, 0.29) is 10.9 Å². The molecule has 0 spiro atoms. The molecule has 0 fully saturated rings. The van der Waals surface area contributed by atoms with Gasteiger partial charge >= 0.3 is 6.03 Å². The summed E-state index contributed by atoms with van der Waals surface area (Å²) in [5, 5.41) is 5.33. The molecule has 0 aliphatic heterocycles. The van der Waals surface area contributed by atoms with E-state index >= 15 is 0 Å². The number of benzene rings is 2. The highest BCUT2D eigenvalue weighted by Gasteiger charge is 2.15. The summed E-state index contributed by atoms with van der Waals surface area (Å²) in [6, 6.07) is 14.4. The Bertz CT molecular complexity index is 757. The molecule has 122 valence electrons. The van der Waals surface area contributed by atoms with Crippen LogP contribution in [0.3, 0.4) is 0 Å². The van der Waals surface area contributed by atoms with Crippen molar-refractivity contribution in [3.63, 3.8) is 0 Å². The van der Waals surface area contributed by atoms with Gasteiger partial charge in [0.05, 0.1) is 4.90 Å². The lowest BCUT2D eigenvalue weighted by atomic mass is 10.3. The number of sulfonamides is 1. The van der Waals surface area contributed by atoms with Crippen LogP contribution in [-0.2, 0) is 10.0 Å². The lowest BCUT2D eigenvalue weighted by Crippen LogP contribution is -2.30. The predicted molar refractivity (Wildman–Crippen MR) is 91.0 cm³/mol. The normalized spacial score (nSPS) is 11.3. The highest BCUT2D eigenvalue weighted by Crippen LogP contribution is 2.15. The molecule has 2 aromatic rings. The SMILES string of the molecule is CC(C)NS(=O)(=O)c1ccc(NC(=O)Nc2ccccc2)cc1. The van der Waals surface area contributed by atoms with Crippen LogP contribution in [0, 0.1) is 0 Å². The van der Waals surface area contributed by atoms with E-state index in [4.69, 9.17) is 0 Å². The Labute approximate surface area is 136 Å². The van der Waals surface area contributed by atoms with Crippen molar-refractivity contribution in [2.75, 3.05) is 10.6 Å². The van der Waals surface area contributed by atoms with Crippen molar-refractivity contribution in [2.24, 2.45) is 0 Å². The predicted octanol–water partition coefficient (Wildman–Crippen LogP) is 3.02. The van der Waals surface area contributed by atoms with Gasteiger partial charge in [0.2, 0.25) is 10.0 Å². The topological polar surface area (TPSA) is 87.3 Å². The maximum Gasteiger partial charge on any atom is 0.323 e. The summed E-state index contributed by atoms with van der Waals surface area (Å²) in [4.78, 5) is 12.0. The number of anilines is 2. The van der Waals surface area contributed by atoms with E-state index in [1.165, 1.54) is 12.1 Å². The van der Waals surface area contributed by atoms with Crippen LogP contribution in [0.1, 0.15) is 13.8 Å². The molecule has 0 saturated heterocycles. The van der Waals surface area contributed by atoms with E-state index in [2.05, 4.69) is 15.4 Å². The van der Waals surface area contributed by atoms with Gasteiger partial charge in [0.15, 0.2) is 0 Å². The van der Waals surface area contributed by atoms with E-state index in [0.717, 1.165) is 0 Å². The van der Waals surface area contributed by atoms with Crippen LogP contribution in [0.25, 0.3) is 0 Å². The average Bonchev–Trinajstić information content (AvgIpc) is 2.47. The van der Waals surface area contributed by atoms with Gasteiger partial charge in [-0.25, -0.2) is 17.9 Å². The number of hydrogen-bond acceptors (Lipinski definition) is 3. The van der Waals surface area contributed by atoms with E-state index in [1.54, 1.807) is 38.1 Å². The van der Waals surface area contributed by atoms with E-state index in [0.29, 0.717) is 11.4 Å². The highest BCUT2D eigenvalue weighted by molar-refractivity contribution is 7.89. The van der Waals surface area contributed by atoms with Gasteiger partial charge < -0.3 is 10.6 Å². The molecule has 0 radical (unpaired) electrons. The fourth-order valence-electron chi connectivity index (χ4n) is 1.91. The van der Waals surface area contributed by atoms with Gasteiger partial charge in [-0.15, -0.1) is 0 Å². The quantitative estimate of drug-likeness (QED) is 0.786. The number of hydrogen-bond donors (Lipinski definition) is 3. The van der Waals surface area contributed by atoms with Crippen molar-refractivity contribution in [3.8, 4) is 0 Å². The first-order valence-electron chi connectivity index (χ1n) is 7.12. The minimum absolute atomic E-state index is 0.153. The van der Waals surface area contributed by atoms with Crippen molar-refractivity contribution in [1.82, 2.24) is 4.72 Å². The molecule has 0 aliphatic carbocycles. The zero-order valence-corrected chi connectivity index (χ0v) is 13.7. The van der Waals surface area contributed by atoms with Crippen LogP contribution in [-0.4, -0.2) is 20.5 Å². The monoisotopic (exact) mass is 333 g/mol. The largest absolute Gasteiger partial charge is 0.323 e. The third kappa shape index (κ3) is 5.08. The second-order valence-electron chi connectivity index (χ2n) is 5.25. The summed E-state index contributed by atoms with van der Waals surface area (Å²) in [5.74, 6) is 0. The number of amides is 2. The zero-order valence-electron chi connectivity index (χ0n) is 12.9. The maximum absolute atomic E-state index is 12.0. The van der Waals surface area contributed by atoms with Gasteiger partial charge in [-0.05, 0) is 50.2 Å². The fraction of sp³-hybridized carbons (Fsp3) is 0.188. The van der Waals surface area contributed by atoms with Crippen molar-refractivity contribution in [1.29, 1.82) is 0 Å². The summed E-state index contributed by atoms with van der Waals surface area (Å²) in [6.07, 6.45) is 0. The van der Waals surface area contributed by atoms with Crippen molar-refractivity contribution < 1.29 is 13.2 Å². The van der Waals surface area contributed by atoms with E-state index < -0.39 is 16.1 Å². The van der Waals surface area contributed by atoms with Crippen molar-refractivity contribution in [3.05, 3.63) is 54.6 Å². The highest BCUT2D eigenvalue weighted by atomic mass is 32.2. The molecule has 23 heavy (non-hydrogen) atoms. The molecule has 2 aromatic carbocycles. The molecule has 3 N–H and O–H groups in total. The molecule has 0 aliphatic rings. The Balaban J connectivity index is 2.01. The van der Waals surface area contributed by atoms with E-state index in [9.17, 15) is 13.2 Å². The molecule has 0 atom stereocenters. The van der Waals surface area contributed by atoms with Gasteiger partial charge in [0.1, 0.15) is 0 Å². The molecule has 0 bridgehead atoms. The van der Waals surface area contributed by atoms with Crippen LogP contribution in [0.2, 0.25) is 0 Å². The minimum atomic E-state index is -3.53. The van der Waals surface area contributed by atoms with Crippen LogP contribution in [0.15, 0.2) is 59.5 Å². The Kier molecular flexibility index (Phi) is 5.36. The van der Waals surface area contributed by atoms with E-state index in [1.807, 2.05) is 18.2 Å². The second kappa shape index (κ2) is 7.26. The molecule has 6 nitrogen and oxygen atoms in total. The number of carbonyl (C=O) groups is 1.